The van der Waals surface area contributed by atoms with Crippen LogP contribution >= 0.6 is 0 Å². The van der Waals surface area contributed by atoms with Crippen molar-refractivity contribution in [3.63, 3.8) is 0 Å². The zero-order valence-electron chi connectivity index (χ0n) is 18.8. The smallest absolute Gasteiger partial charge is 0.293 e. The van der Waals surface area contributed by atoms with Gasteiger partial charge in [0.25, 0.3) is 5.69 Å². The van der Waals surface area contributed by atoms with E-state index in [9.17, 15) is 15.2 Å². The first-order valence-electron chi connectivity index (χ1n) is 11.9. The Kier molecular flexibility index (Phi) is 4.71. The Morgan fingerprint density at radius 2 is 2.00 bits per heavy atom. The van der Waals surface area contributed by atoms with Gasteiger partial charge in [0.15, 0.2) is 0 Å². The van der Waals surface area contributed by atoms with Crippen LogP contribution in [0.25, 0.3) is 17.0 Å². The minimum absolute atomic E-state index is 0.148. The molecule has 1 aliphatic carbocycles. The van der Waals surface area contributed by atoms with E-state index >= 15 is 0 Å². The maximum atomic E-state index is 11.6. The zero-order valence-corrected chi connectivity index (χ0v) is 18.8. The summed E-state index contributed by atoms with van der Waals surface area (Å²) in [4.78, 5) is 17.4. The summed E-state index contributed by atoms with van der Waals surface area (Å²) in [6.07, 6.45) is 5.33. The molecule has 0 spiro atoms. The quantitative estimate of drug-likeness (QED) is 0.430. The number of nitro groups is 1. The van der Waals surface area contributed by atoms with Crippen molar-refractivity contribution in [1.29, 1.82) is 0 Å². The summed E-state index contributed by atoms with van der Waals surface area (Å²) in [5, 5.41) is 23.6. The Bertz CT molecular complexity index is 1260. The van der Waals surface area contributed by atoms with E-state index in [0.717, 1.165) is 61.0 Å². The molecule has 1 saturated heterocycles. The van der Waals surface area contributed by atoms with Crippen molar-refractivity contribution in [2.75, 3.05) is 13.1 Å². The van der Waals surface area contributed by atoms with Crippen molar-refractivity contribution in [2.24, 2.45) is 11.8 Å². The number of benzene rings is 2. The summed E-state index contributed by atoms with van der Waals surface area (Å²) in [6, 6.07) is 15.6. The molecule has 6 rings (SSSR count). The van der Waals surface area contributed by atoms with Crippen molar-refractivity contribution < 1.29 is 10.0 Å². The van der Waals surface area contributed by atoms with Gasteiger partial charge in [0.05, 0.1) is 16.6 Å². The SMILES string of the molecule is C[C@@]12CC3C[C@H](O)/C(=C/c4ccccc4)CC3CN1CCc1c2[nH]c2c([N+](=O)[O-])cccc12. The largest absolute Gasteiger partial charge is 0.389 e. The maximum Gasteiger partial charge on any atom is 0.293 e. The molecule has 3 heterocycles. The van der Waals surface area contributed by atoms with E-state index < -0.39 is 6.10 Å². The van der Waals surface area contributed by atoms with E-state index in [2.05, 4.69) is 35.0 Å². The Hall–Kier alpha value is -2.96. The lowest BCUT2D eigenvalue weighted by Gasteiger charge is -2.55. The molecule has 4 atom stereocenters. The standard InChI is InChI=1S/C27H29N3O3/c1-27-15-19-14-24(31)18(12-17-6-3-2-4-7-17)13-20(19)16-29(27)11-10-22-21-8-5-9-23(30(32)33)25(21)28-26(22)27/h2-9,12,19-20,24,28,31H,10-11,13-16H2,1H3/b18-12+/t19?,20?,24-,27-/m0/s1. The number of fused-ring (bicyclic) bond motifs is 6. The van der Waals surface area contributed by atoms with Crippen LogP contribution < -0.4 is 0 Å². The molecule has 1 aromatic heterocycles. The molecule has 3 aliphatic rings. The highest BCUT2D eigenvalue weighted by molar-refractivity contribution is 5.92. The molecule has 2 aliphatic heterocycles. The predicted molar refractivity (Wildman–Crippen MR) is 129 cm³/mol. The minimum atomic E-state index is -0.409. The number of aromatic nitrogens is 1. The molecule has 3 aromatic rings. The van der Waals surface area contributed by atoms with Gasteiger partial charge in [0, 0.05) is 30.2 Å². The number of hydrogen-bond acceptors (Lipinski definition) is 4. The number of hydrogen-bond donors (Lipinski definition) is 2. The van der Waals surface area contributed by atoms with Crippen LogP contribution in [0.4, 0.5) is 5.69 Å². The number of H-pyrrole nitrogens is 1. The van der Waals surface area contributed by atoms with E-state index in [0.29, 0.717) is 17.4 Å². The fourth-order valence-corrected chi connectivity index (χ4v) is 6.72. The van der Waals surface area contributed by atoms with E-state index in [1.165, 1.54) is 5.56 Å². The van der Waals surface area contributed by atoms with E-state index in [1.807, 2.05) is 24.3 Å². The summed E-state index contributed by atoms with van der Waals surface area (Å²) in [6.45, 7) is 4.24. The molecular weight excluding hydrogens is 414 g/mol. The second-order valence-electron chi connectivity index (χ2n) is 10.2. The fraction of sp³-hybridized carbons (Fsp3) is 0.407. The Balaban J connectivity index is 1.34. The average molecular weight is 444 g/mol. The number of aliphatic hydroxyl groups excluding tert-OH is 1. The maximum absolute atomic E-state index is 11.6. The van der Waals surface area contributed by atoms with Gasteiger partial charge in [0.2, 0.25) is 0 Å². The van der Waals surface area contributed by atoms with Crippen LogP contribution in [0.15, 0.2) is 54.1 Å². The van der Waals surface area contributed by atoms with Gasteiger partial charge in [-0.1, -0.05) is 48.5 Å². The van der Waals surface area contributed by atoms with Gasteiger partial charge in [-0.15, -0.1) is 0 Å². The first kappa shape index (κ1) is 20.6. The van der Waals surface area contributed by atoms with Gasteiger partial charge in [-0.25, -0.2) is 0 Å². The number of para-hydroxylation sites is 1. The molecule has 170 valence electrons. The minimum Gasteiger partial charge on any atom is -0.389 e. The highest BCUT2D eigenvalue weighted by atomic mass is 16.6. The Labute approximate surface area is 193 Å². The second-order valence-corrected chi connectivity index (χ2v) is 10.2. The van der Waals surface area contributed by atoms with Crippen LogP contribution in [-0.4, -0.2) is 39.1 Å². The molecule has 2 N–H and O–H groups in total. The molecule has 0 radical (unpaired) electrons. The molecule has 2 fully saturated rings. The van der Waals surface area contributed by atoms with Crippen LogP contribution in [0, 0.1) is 22.0 Å². The molecule has 2 unspecified atom stereocenters. The third-order valence-corrected chi connectivity index (χ3v) is 8.37. The Morgan fingerprint density at radius 1 is 1.18 bits per heavy atom. The third kappa shape index (κ3) is 3.23. The number of nitrogens with one attached hydrogen (secondary N) is 1. The molecule has 6 nitrogen and oxygen atoms in total. The van der Waals surface area contributed by atoms with Crippen molar-refractivity contribution in [3.05, 3.63) is 81.0 Å². The predicted octanol–water partition coefficient (Wildman–Crippen LogP) is 5.02. The van der Waals surface area contributed by atoms with Gasteiger partial charge < -0.3 is 10.1 Å². The van der Waals surface area contributed by atoms with Crippen LogP contribution in [0.2, 0.25) is 0 Å². The summed E-state index contributed by atoms with van der Waals surface area (Å²) >= 11 is 0. The normalized spacial score (nSPS) is 30.6. The first-order valence-corrected chi connectivity index (χ1v) is 11.9. The number of nitrogens with zero attached hydrogens (tertiary/aromatic N) is 2. The van der Waals surface area contributed by atoms with Gasteiger partial charge in [-0.05, 0) is 61.1 Å². The monoisotopic (exact) mass is 443 g/mol. The zero-order chi connectivity index (χ0) is 22.7. The molecule has 1 saturated carbocycles. The lowest BCUT2D eigenvalue weighted by atomic mass is 9.64. The number of aromatic amines is 1. The van der Waals surface area contributed by atoms with Crippen LogP contribution in [0.1, 0.15) is 43.0 Å². The van der Waals surface area contributed by atoms with E-state index in [4.69, 9.17) is 0 Å². The number of piperidine rings is 1. The van der Waals surface area contributed by atoms with Crippen molar-refractivity contribution in [1.82, 2.24) is 9.88 Å². The number of aliphatic hydroxyl groups is 1. The molecule has 0 bridgehead atoms. The number of nitro benzene ring substituents is 1. The number of non-ortho nitro benzene ring substituents is 1. The topological polar surface area (TPSA) is 82.4 Å². The summed E-state index contributed by atoms with van der Waals surface area (Å²) < 4.78 is 0. The van der Waals surface area contributed by atoms with Gasteiger partial charge in [0.1, 0.15) is 5.52 Å². The number of rotatable bonds is 2. The van der Waals surface area contributed by atoms with Crippen LogP contribution in [-0.2, 0) is 12.0 Å². The van der Waals surface area contributed by atoms with E-state index in [1.54, 1.807) is 12.1 Å². The lowest BCUT2D eigenvalue weighted by Crippen LogP contribution is -2.57. The second kappa shape index (κ2) is 7.54. The molecule has 0 amide bonds. The summed E-state index contributed by atoms with van der Waals surface area (Å²) in [5.41, 5.74) is 5.26. The highest BCUT2D eigenvalue weighted by Crippen LogP contribution is 2.51. The highest BCUT2D eigenvalue weighted by Gasteiger charge is 2.50. The van der Waals surface area contributed by atoms with Crippen LogP contribution in [0.3, 0.4) is 0 Å². The third-order valence-electron chi connectivity index (χ3n) is 8.37. The molecule has 6 heteroatoms. The average Bonchev–Trinajstić information content (AvgIpc) is 3.19. The van der Waals surface area contributed by atoms with Crippen LogP contribution in [0.5, 0.6) is 0 Å². The van der Waals surface area contributed by atoms with Gasteiger partial charge in [-0.2, -0.15) is 0 Å². The van der Waals surface area contributed by atoms with Crippen molar-refractivity contribution >= 4 is 22.7 Å². The van der Waals surface area contributed by atoms with Gasteiger partial charge >= 0.3 is 0 Å². The molecule has 2 aromatic carbocycles. The fourth-order valence-electron chi connectivity index (χ4n) is 6.72. The van der Waals surface area contributed by atoms with Crippen molar-refractivity contribution in [2.45, 2.75) is 44.2 Å². The first-order chi connectivity index (χ1) is 15.9. The Morgan fingerprint density at radius 3 is 2.79 bits per heavy atom. The summed E-state index contributed by atoms with van der Waals surface area (Å²) in [5.74, 6) is 0.957. The van der Waals surface area contributed by atoms with E-state index in [-0.39, 0.29) is 16.1 Å². The van der Waals surface area contributed by atoms with Crippen molar-refractivity contribution in [3.8, 4) is 0 Å². The summed E-state index contributed by atoms with van der Waals surface area (Å²) in [7, 11) is 0. The van der Waals surface area contributed by atoms with Gasteiger partial charge in [-0.3, -0.25) is 15.0 Å². The lowest BCUT2D eigenvalue weighted by molar-refractivity contribution is -0.383. The molecular formula is C27H29N3O3. The molecule has 33 heavy (non-hydrogen) atoms.